The number of hydrogen-bond acceptors (Lipinski definition) is 5. The molecule has 0 aliphatic heterocycles. The minimum Gasteiger partial charge on any atom is -0.485 e. The Bertz CT molecular complexity index is 997. The molecule has 2 heterocycles. The van der Waals surface area contributed by atoms with E-state index >= 15 is 0 Å². The Morgan fingerprint density at radius 3 is 2.82 bits per heavy atom. The van der Waals surface area contributed by atoms with Gasteiger partial charge in [0.1, 0.15) is 18.2 Å². The van der Waals surface area contributed by atoms with Crippen LogP contribution in [0.4, 0.5) is 4.39 Å². The Balaban J connectivity index is 1.93. The molecule has 8 heteroatoms. The van der Waals surface area contributed by atoms with Crippen molar-refractivity contribution in [1.29, 1.82) is 0 Å². The highest BCUT2D eigenvalue weighted by Gasteiger charge is 2.18. The standard InChI is InChI=1S/C20H23FN4O3/c1-13(2)19-16(7-8-18(27)23-19)20-22-17(24-25(20)9-4-10-26)12-28-15-6-3-5-14(21)11-15/h3,5-8,11,13,26H,4,9-10,12H2,1-2H3,(H,23,27). The molecule has 3 aromatic rings. The highest BCUT2D eigenvalue weighted by molar-refractivity contribution is 5.59. The van der Waals surface area contributed by atoms with Crippen LogP contribution in [0.3, 0.4) is 0 Å². The lowest BCUT2D eigenvalue weighted by Gasteiger charge is -2.12. The van der Waals surface area contributed by atoms with E-state index in [0.717, 1.165) is 11.3 Å². The Morgan fingerprint density at radius 1 is 1.29 bits per heavy atom. The first-order valence-electron chi connectivity index (χ1n) is 9.14. The molecule has 0 atom stereocenters. The number of aromatic amines is 1. The van der Waals surface area contributed by atoms with Gasteiger partial charge in [0.05, 0.1) is 0 Å². The van der Waals surface area contributed by atoms with E-state index in [9.17, 15) is 14.3 Å². The van der Waals surface area contributed by atoms with Crippen LogP contribution in [0.5, 0.6) is 5.75 Å². The fraction of sp³-hybridized carbons (Fsp3) is 0.350. The number of aromatic nitrogens is 4. The van der Waals surface area contributed by atoms with Crippen molar-refractivity contribution >= 4 is 0 Å². The van der Waals surface area contributed by atoms with Gasteiger partial charge in [0.15, 0.2) is 11.6 Å². The number of hydrogen-bond donors (Lipinski definition) is 2. The molecule has 148 valence electrons. The molecule has 1 aromatic carbocycles. The highest BCUT2D eigenvalue weighted by atomic mass is 19.1. The summed E-state index contributed by atoms with van der Waals surface area (Å²) < 4.78 is 20.6. The van der Waals surface area contributed by atoms with Crippen molar-refractivity contribution in [2.75, 3.05) is 6.61 Å². The van der Waals surface area contributed by atoms with Gasteiger partial charge in [-0.25, -0.2) is 14.1 Å². The average molecular weight is 386 g/mol. The number of rotatable bonds is 8. The van der Waals surface area contributed by atoms with E-state index in [1.165, 1.54) is 18.2 Å². The molecule has 0 saturated carbocycles. The number of pyridine rings is 1. The Morgan fingerprint density at radius 2 is 2.11 bits per heavy atom. The number of aliphatic hydroxyl groups is 1. The van der Waals surface area contributed by atoms with Crippen molar-refractivity contribution in [2.24, 2.45) is 0 Å². The van der Waals surface area contributed by atoms with Crippen LogP contribution in [0, 0.1) is 5.82 Å². The second-order valence-electron chi connectivity index (χ2n) is 6.70. The maximum absolute atomic E-state index is 13.3. The zero-order chi connectivity index (χ0) is 20.1. The van der Waals surface area contributed by atoms with Crippen molar-refractivity contribution in [3.8, 4) is 17.1 Å². The number of H-pyrrole nitrogens is 1. The summed E-state index contributed by atoms with van der Waals surface area (Å²) in [5.41, 5.74) is 1.36. The van der Waals surface area contributed by atoms with Crippen molar-refractivity contribution < 1.29 is 14.2 Å². The minimum absolute atomic E-state index is 0.0249. The predicted octanol–water partition coefficient (Wildman–Crippen LogP) is 2.86. The number of nitrogens with zero attached hydrogens (tertiary/aromatic N) is 3. The van der Waals surface area contributed by atoms with Crippen LogP contribution < -0.4 is 10.3 Å². The summed E-state index contributed by atoms with van der Waals surface area (Å²) in [6.45, 7) is 4.53. The van der Waals surface area contributed by atoms with Crippen molar-refractivity contribution in [2.45, 2.75) is 39.3 Å². The van der Waals surface area contributed by atoms with E-state index in [2.05, 4.69) is 15.1 Å². The van der Waals surface area contributed by atoms with Gasteiger partial charge in [-0.1, -0.05) is 19.9 Å². The van der Waals surface area contributed by atoms with Gasteiger partial charge in [-0.3, -0.25) is 4.79 Å². The average Bonchev–Trinajstić information content (AvgIpc) is 3.07. The SMILES string of the molecule is CC(C)c1[nH]c(=O)ccc1-c1nc(COc2cccc(F)c2)nn1CCCO. The fourth-order valence-electron chi connectivity index (χ4n) is 2.87. The van der Waals surface area contributed by atoms with Crippen molar-refractivity contribution in [3.63, 3.8) is 0 Å². The van der Waals surface area contributed by atoms with Crippen molar-refractivity contribution in [1.82, 2.24) is 19.7 Å². The summed E-state index contributed by atoms with van der Waals surface area (Å²) in [5, 5.41) is 13.7. The molecule has 0 aliphatic carbocycles. The first kappa shape index (κ1) is 19.8. The lowest BCUT2D eigenvalue weighted by Crippen LogP contribution is -2.12. The Hall–Kier alpha value is -3.00. The van der Waals surface area contributed by atoms with Crippen LogP contribution in [-0.4, -0.2) is 31.5 Å². The first-order valence-corrected chi connectivity index (χ1v) is 9.14. The van der Waals surface area contributed by atoms with Crippen LogP contribution in [0.15, 0.2) is 41.2 Å². The van der Waals surface area contributed by atoms with Crippen LogP contribution >= 0.6 is 0 Å². The van der Waals surface area contributed by atoms with Crippen LogP contribution in [0.2, 0.25) is 0 Å². The molecule has 2 aromatic heterocycles. The van der Waals surface area contributed by atoms with Gasteiger partial charge in [-0.2, -0.15) is 5.10 Å². The lowest BCUT2D eigenvalue weighted by atomic mass is 10.0. The summed E-state index contributed by atoms with van der Waals surface area (Å²) in [6.07, 6.45) is 0.515. The summed E-state index contributed by atoms with van der Waals surface area (Å²) in [6, 6.07) is 9.04. The smallest absolute Gasteiger partial charge is 0.248 e. The number of ether oxygens (including phenoxy) is 1. The lowest BCUT2D eigenvalue weighted by molar-refractivity contribution is 0.275. The molecule has 2 N–H and O–H groups in total. The quantitative estimate of drug-likeness (QED) is 0.621. The third kappa shape index (κ3) is 4.64. The van der Waals surface area contributed by atoms with Crippen LogP contribution in [-0.2, 0) is 13.2 Å². The minimum atomic E-state index is -0.380. The van der Waals surface area contributed by atoms with Gasteiger partial charge < -0.3 is 14.8 Å². The molecule has 0 unspecified atom stereocenters. The van der Waals surface area contributed by atoms with Crippen LogP contribution in [0.1, 0.15) is 37.7 Å². The van der Waals surface area contributed by atoms with E-state index in [4.69, 9.17) is 4.74 Å². The molecule has 3 rings (SSSR count). The maximum Gasteiger partial charge on any atom is 0.248 e. The molecule has 0 saturated heterocycles. The van der Waals surface area contributed by atoms with E-state index in [1.807, 2.05) is 13.8 Å². The second kappa shape index (κ2) is 8.79. The molecule has 0 aliphatic rings. The highest BCUT2D eigenvalue weighted by Crippen LogP contribution is 2.26. The van der Waals surface area contributed by atoms with Crippen LogP contribution in [0.25, 0.3) is 11.4 Å². The van der Waals surface area contributed by atoms with Crippen molar-refractivity contribution in [3.05, 3.63) is 64.1 Å². The molecule has 7 nitrogen and oxygen atoms in total. The van der Waals surface area contributed by atoms with E-state index in [-0.39, 0.29) is 30.5 Å². The van der Waals surface area contributed by atoms with Gasteiger partial charge in [0.25, 0.3) is 0 Å². The van der Waals surface area contributed by atoms with Gasteiger partial charge in [-0.05, 0) is 30.5 Å². The van der Waals surface area contributed by atoms with E-state index < -0.39 is 0 Å². The zero-order valence-corrected chi connectivity index (χ0v) is 15.9. The monoisotopic (exact) mass is 386 g/mol. The fourth-order valence-corrected chi connectivity index (χ4v) is 2.87. The molecule has 0 amide bonds. The molecule has 0 fully saturated rings. The van der Waals surface area contributed by atoms with Gasteiger partial charge >= 0.3 is 0 Å². The molecule has 0 radical (unpaired) electrons. The third-order valence-corrected chi connectivity index (χ3v) is 4.18. The number of nitrogens with one attached hydrogen (secondary N) is 1. The first-order chi connectivity index (χ1) is 13.5. The number of aliphatic hydroxyl groups excluding tert-OH is 1. The van der Waals surface area contributed by atoms with E-state index in [1.54, 1.807) is 22.9 Å². The molecule has 28 heavy (non-hydrogen) atoms. The summed E-state index contributed by atoms with van der Waals surface area (Å²) in [5.74, 6) is 1.11. The van der Waals surface area contributed by atoms with E-state index in [0.29, 0.717) is 30.4 Å². The summed E-state index contributed by atoms with van der Waals surface area (Å²) >= 11 is 0. The normalized spacial score (nSPS) is 11.2. The van der Waals surface area contributed by atoms with Gasteiger partial charge in [0.2, 0.25) is 5.56 Å². The molecule has 0 spiro atoms. The molecular weight excluding hydrogens is 363 g/mol. The number of benzene rings is 1. The molecule has 0 bridgehead atoms. The Labute approximate surface area is 161 Å². The third-order valence-electron chi connectivity index (χ3n) is 4.18. The Kier molecular flexibility index (Phi) is 6.20. The van der Waals surface area contributed by atoms with Gasteiger partial charge in [0, 0.05) is 36.5 Å². The predicted molar refractivity (Wildman–Crippen MR) is 103 cm³/mol. The zero-order valence-electron chi connectivity index (χ0n) is 15.9. The maximum atomic E-state index is 13.3. The summed E-state index contributed by atoms with van der Waals surface area (Å²) in [7, 11) is 0. The number of halogens is 1. The largest absolute Gasteiger partial charge is 0.485 e. The summed E-state index contributed by atoms with van der Waals surface area (Å²) in [4.78, 5) is 19.2. The number of aryl methyl sites for hydroxylation is 1. The topological polar surface area (TPSA) is 93.0 Å². The molecular formula is C20H23FN4O3. The second-order valence-corrected chi connectivity index (χ2v) is 6.70. The van der Waals surface area contributed by atoms with Gasteiger partial charge in [-0.15, -0.1) is 0 Å².